The molecule has 0 amide bonds. The predicted molar refractivity (Wildman–Crippen MR) is 72.4 cm³/mol. The Bertz CT molecular complexity index is 311. The van der Waals surface area contributed by atoms with E-state index in [4.69, 9.17) is 0 Å². The summed E-state index contributed by atoms with van der Waals surface area (Å²) in [4.78, 5) is 1.28. The number of phenolic OH excluding ortho intramolecular Hbond substituents is 1. The largest absolute Gasteiger partial charge is 0.507 e. The van der Waals surface area contributed by atoms with Gasteiger partial charge in [-0.1, -0.05) is 26.2 Å². The quantitative estimate of drug-likeness (QED) is 0.573. The number of benzene rings is 1. The number of rotatable bonds is 6. The van der Waals surface area contributed by atoms with E-state index in [9.17, 15) is 5.11 Å². The highest BCUT2D eigenvalue weighted by molar-refractivity contribution is 7.99. The Morgan fingerprint density at radius 1 is 1.06 bits per heavy atom. The highest BCUT2D eigenvalue weighted by Crippen LogP contribution is 2.29. The standard InChI is InChI=1S/C14H22OS/c1-4-5-6-7-8-16-13-9-11(2)14(15)12(3)10-13/h9-10,15H,4-8H2,1-3H3. The zero-order valence-electron chi connectivity index (χ0n) is 10.5. The number of unbranched alkanes of at least 4 members (excludes halogenated alkanes) is 3. The molecule has 0 spiro atoms. The van der Waals surface area contributed by atoms with Crippen molar-refractivity contribution in [1.29, 1.82) is 0 Å². The molecule has 1 N–H and O–H groups in total. The van der Waals surface area contributed by atoms with E-state index in [0.717, 1.165) is 11.1 Å². The molecule has 1 aromatic carbocycles. The molecule has 0 saturated heterocycles. The lowest BCUT2D eigenvalue weighted by molar-refractivity contribution is 0.466. The fourth-order valence-electron chi connectivity index (χ4n) is 1.72. The fourth-order valence-corrected chi connectivity index (χ4v) is 2.82. The highest BCUT2D eigenvalue weighted by Gasteiger charge is 2.03. The van der Waals surface area contributed by atoms with E-state index in [2.05, 4.69) is 19.1 Å². The third-order valence-corrected chi connectivity index (χ3v) is 3.79. The molecule has 0 aliphatic rings. The summed E-state index contributed by atoms with van der Waals surface area (Å²) < 4.78 is 0. The van der Waals surface area contributed by atoms with Gasteiger partial charge in [0.1, 0.15) is 5.75 Å². The van der Waals surface area contributed by atoms with Gasteiger partial charge < -0.3 is 5.11 Å². The first kappa shape index (κ1) is 13.4. The van der Waals surface area contributed by atoms with Gasteiger partial charge in [-0.25, -0.2) is 0 Å². The fraction of sp³-hybridized carbons (Fsp3) is 0.571. The van der Waals surface area contributed by atoms with Crippen LogP contribution in [0.3, 0.4) is 0 Å². The van der Waals surface area contributed by atoms with Crippen LogP contribution in [0.25, 0.3) is 0 Å². The molecule has 0 saturated carbocycles. The topological polar surface area (TPSA) is 20.2 Å². The van der Waals surface area contributed by atoms with E-state index in [0.29, 0.717) is 5.75 Å². The Balaban J connectivity index is 2.43. The summed E-state index contributed by atoms with van der Waals surface area (Å²) in [5.41, 5.74) is 1.96. The minimum atomic E-state index is 0.440. The number of aryl methyl sites for hydroxylation is 2. The minimum absolute atomic E-state index is 0.440. The number of hydrogen-bond acceptors (Lipinski definition) is 2. The van der Waals surface area contributed by atoms with Gasteiger partial charge in [-0.2, -0.15) is 0 Å². The maximum atomic E-state index is 9.66. The van der Waals surface area contributed by atoms with Crippen LogP contribution >= 0.6 is 11.8 Å². The van der Waals surface area contributed by atoms with Crippen LogP contribution in [-0.2, 0) is 0 Å². The van der Waals surface area contributed by atoms with Crippen LogP contribution in [0.2, 0.25) is 0 Å². The molecule has 90 valence electrons. The van der Waals surface area contributed by atoms with Crippen molar-refractivity contribution < 1.29 is 5.11 Å². The summed E-state index contributed by atoms with van der Waals surface area (Å²) in [6, 6.07) is 4.15. The SMILES string of the molecule is CCCCCCSc1cc(C)c(O)c(C)c1. The first-order valence-electron chi connectivity index (χ1n) is 6.08. The predicted octanol–water partition coefficient (Wildman–Crippen LogP) is 4.68. The Morgan fingerprint density at radius 2 is 1.69 bits per heavy atom. The molecule has 1 rings (SSSR count). The van der Waals surface area contributed by atoms with Crippen molar-refractivity contribution >= 4 is 11.8 Å². The van der Waals surface area contributed by atoms with Gasteiger partial charge in [-0.3, -0.25) is 0 Å². The van der Waals surface area contributed by atoms with Crippen LogP contribution in [-0.4, -0.2) is 10.9 Å². The lowest BCUT2D eigenvalue weighted by Crippen LogP contribution is -1.85. The molecule has 0 fully saturated rings. The zero-order valence-corrected chi connectivity index (χ0v) is 11.4. The van der Waals surface area contributed by atoms with Gasteiger partial charge in [0.2, 0.25) is 0 Å². The summed E-state index contributed by atoms with van der Waals surface area (Å²) in [6.07, 6.45) is 5.26. The summed E-state index contributed by atoms with van der Waals surface area (Å²) >= 11 is 1.90. The number of phenols is 1. The van der Waals surface area contributed by atoms with E-state index in [1.165, 1.54) is 36.3 Å². The number of aromatic hydroxyl groups is 1. The molecular formula is C14H22OS. The Kier molecular flexibility index (Phi) is 5.75. The van der Waals surface area contributed by atoms with Gasteiger partial charge in [0.25, 0.3) is 0 Å². The first-order valence-corrected chi connectivity index (χ1v) is 7.06. The molecule has 0 radical (unpaired) electrons. The van der Waals surface area contributed by atoms with Gasteiger partial charge in [-0.05, 0) is 49.3 Å². The monoisotopic (exact) mass is 238 g/mol. The molecule has 0 unspecified atom stereocenters. The van der Waals surface area contributed by atoms with Crippen molar-refractivity contribution in [2.45, 2.75) is 51.3 Å². The van der Waals surface area contributed by atoms with Gasteiger partial charge >= 0.3 is 0 Å². The maximum absolute atomic E-state index is 9.66. The second-order valence-corrected chi connectivity index (χ2v) is 5.48. The smallest absolute Gasteiger partial charge is 0.121 e. The molecule has 0 heterocycles. The molecule has 0 atom stereocenters. The lowest BCUT2D eigenvalue weighted by atomic mass is 10.1. The van der Waals surface area contributed by atoms with Crippen molar-refractivity contribution in [3.8, 4) is 5.75 Å². The Morgan fingerprint density at radius 3 is 2.25 bits per heavy atom. The van der Waals surface area contributed by atoms with E-state index in [1.54, 1.807) is 0 Å². The van der Waals surface area contributed by atoms with Gasteiger partial charge in [-0.15, -0.1) is 11.8 Å². The average Bonchev–Trinajstić information content (AvgIpc) is 2.25. The van der Waals surface area contributed by atoms with Crippen molar-refractivity contribution in [3.05, 3.63) is 23.3 Å². The average molecular weight is 238 g/mol. The minimum Gasteiger partial charge on any atom is -0.507 e. The number of thioether (sulfide) groups is 1. The summed E-state index contributed by atoms with van der Waals surface area (Å²) in [5.74, 6) is 1.62. The van der Waals surface area contributed by atoms with Crippen molar-refractivity contribution in [2.24, 2.45) is 0 Å². The van der Waals surface area contributed by atoms with Crippen molar-refractivity contribution in [2.75, 3.05) is 5.75 Å². The number of hydrogen-bond donors (Lipinski definition) is 1. The van der Waals surface area contributed by atoms with Crippen LogP contribution in [0.4, 0.5) is 0 Å². The molecule has 0 bridgehead atoms. The molecule has 2 heteroatoms. The zero-order chi connectivity index (χ0) is 12.0. The van der Waals surface area contributed by atoms with E-state index < -0.39 is 0 Å². The molecule has 1 aromatic rings. The second-order valence-electron chi connectivity index (χ2n) is 4.31. The van der Waals surface area contributed by atoms with Crippen molar-refractivity contribution in [1.82, 2.24) is 0 Å². The molecule has 0 aliphatic heterocycles. The van der Waals surface area contributed by atoms with Crippen LogP contribution in [0, 0.1) is 13.8 Å². The summed E-state index contributed by atoms with van der Waals surface area (Å²) in [7, 11) is 0. The third-order valence-electron chi connectivity index (χ3n) is 2.73. The Labute approximate surface area is 103 Å². The second kappa shape index (κ2) is 6.85. The van der Waals surface area contributed by atoms with Gasteiger partial charge in [0.15, 0.2) is 0 Å². The highest BCUT2D eigenvalue weighted by atomic mass is 32.2. The summed E-state index contributed by atoms with van der Waals surface area (Å²) in [6.45, 7) is 6.16. The van der Waals surface area contributed by atoms with Crippen LogP contribution in [0.15, 0.2) is 17.0 Å². The van der Waals surface area contributed by atoms with Crippen LogP contribution in [0.5, 0.6) is 5.75 Å². The molecular weight excluding hydrogens is 216 g/mol. The van der Waals surface area contributed by atoms with Gasteiger partial charge in [0, 0.05) is 4.90 Å². The lowest BCUT2D eigenvalue weighted by Gasteiger charge is -2.07. The third kappa shape index (κ3) is 4.09. The summed E-state index contributed by atoms with van der Waals surface area (Å²) in [5, 5.41) is 9.66. The van der Waals surface area contributed by atoms with E-state index >= 15 is 0 Å². The molecule has 16 heavy (non-hydrogen) atoms. The molecule has 0 aromatic heterocycles. The molecule has 1 nitrogen and oxygen atoms in total. The van der Waals surface area contributed by atoms with E-state index in [-0.39, 0.29) is 0 Å². The van der Waals surface area contributed by atoms with Crippen LogP contribution in [0.1, 0.15) is 43.7 Å². The molecule has 0 aliphatic carbocycles. The maximum Gasteiger partial charge on any atom is 0.121 e. The van der Waals surface area contributed by atoms with Crippen LogP contribution < -0.4 is 0 Å². The normalized spacial score (nSPS) is 10.7. The first-order chi connectivity index (χ1) is 7.65. The van der Waals surface area contributed by atoms with Crippen molar-refractivity contribution in [3.63, 3.8) is 0 Å². The Hall–Kier alpha value is -0.630. The van der Waals surface area contributed by atoms with E-state index in [1.807, 2.05) is 25.6 Å². The van der Waals surface area contributed by atoms with Gasteiger partial charge in [0.05, 0.1) is 0 Å².